The summed E-state index contributed by atoms with van der Waals surface area (Å²) in [5.41, 5.74) is 1.06. The van der Waals surface area contributed by atoms with Crippen LogP contribution >= 0.6 is 0 Å². The molecular weight excluding hydrogens is 276 g/mol. The quantitative estimate of drug-likeness (QED) is 0.841. The lowest BCUT2D eigenvalue weighted by molar-refractivity contribution is -0.130. The molecule has 0 radical (unpaired) electrons. The van der Waals surface area contributed by atoms with E-state index < -0.39 is 0 Å². The van der Waals surface area contributed by atoms with Crippen molar-refractivity contribution < 1.29 is 4.79 Å². The summed E-state index contributed by atoms with van der Waals surface area (Å²) >= 11 is 0. The van der Waals surface area contributed by atoms with Gasteiger partial charge in [-0.3, -0.25) is 4.79 Å². The third kappa shape index (κ3) is 3.08. The van der Waals surface area contributed by atoms with Crippen molar-refractivity contribution in [3.63, 3.8) is 0 Å². The number of anilines is 1. The summed E-state index contributed by atoms with van der Waals surface area (Å²) in [6.45, 7) is 9.30. The molecule has 0 aromatic carbocycles. The molecule has 22 heavy (non-hydrogen) atoms. The number of rotatable bonds is 2. The second kappa shape index (κ2) is 5.86. The zero-order chi connectivity index (χ0) is 15.7. The molecule has 1 aromatic heterocycles. The Kier molecular flexibility index (Phi) is 4.06. The van der Waals surface area contributed by atoms with Crippen LogP contribution in [0.3, 0.4) is 0 Å². The average molecular weight is 302 g/mol. The Morgan fingerprint density at radius 2 is 1.82 bits per heavy atom. The van der Waals surface area contributed by atoms with E-state index in [1.807, 2.05) is 0 Å². The molecule has 1 amide bonds. The van der Waals surface area contributed by atoms with Gasteiger partial charge in [-0.15, -0.1) is 5.10 Å². The van der Waals surface area contributed by atoms with E-state index in [0.717, 1.165) is 56.8 Å². The van der Waals surface area contributed by atoms with Crippen molar-refractivity contribution in [1.82, 2.24) is 15.1 Å². The van der Waals surface area contributed by atoms with E-state index in [0.29, 0.717) is 11.9 Å². The molecule has 0 bridgehead atoms. The van der Waals surface area contributed by atoms with Crippen LogP contribution in [-0.2, 0) is 10.2 Å². The molecule has 120 valence electrons. The molecule has 1 aromatic rings. The standard InChI is InChI=1S/C17H26N4O/c1-17(2,3)14-6-7-15(19-18-14)20-11-8-13(9-12-20)21-10-4-5-16(21)22/h6-7,13H,4-5,8-12H2,1-3H3. The number of nitrogens with zero attached hydrogens (tertiary/aromatic N) is 4. The molecule has 3 rings (SSSR count). The van der Waals surface area contributed by atoms with Gasteiger partial charge in [0.25, 0.3) is 0 Å². The number of hydrogen-bond acceptors (Lipinski definition) is 4. The topological polar surface area (TPSA) is 49.3 Å². The van der Waals surface area contributed by atoms with Gasteiger partial charge in [0.1, 0.15) is 0 Å². The largest absolute Gasteiger partial charge is 0.355 e. The summed E-state index contributed by atoms with van der Waals surface area (Å²) < 4.78 is 0. The lowest BCUT2D eigenvalue weighted by Crippen LogP contribution is -2.45. The maximum absolute atomic E-state index is 11.8. The predicted octanol–water partition coefficient (Wildman–Crippen LogP) is 2.37. The average Bonchev–Trinajstić information content (AvgIpc) is 2.93. The van der Waals surface area contributed by atoms with Gasteiger partial charge in [0.2, 0.25) is 5.91 Å². The first kappa shape index (κ1) is 15.3. The van der Waals surface area contributed by atoms with E-state index in [1.54, 1.807) is 0 Å². The fourth-order valence-electron chi connectivity index (χ4n) is 3.36. The van der Waals surface area contributed by atoms with E-state index in [4.69, 9.17) is 0 Å². The zero-order valence-electron chi connectivity index (χ0n) is 13.9. The molecule has 5 nitrogen and oxygen atoms in total. The molecule has 5 heteroatoms. The van der Waals surface area contributed by atoms with Gasteiger partial charge in [0.05, 0.1) is 5.69 Å². The maximum atomic E-state index is 11.8. The summed E-state index contributed by atoms with van der Waals surface area (Å²) in [6.07, 6.45) is 3.83. The van der Waals surface area contributed by atoms with Gasteiger partial charge in [-0.05, 0) is 31.4 Å². The molecule has 0 atom stereocenters. The number of piperidine rings is 1. The number of carbonyl (C=O) groups excluding carboxylic acids is 1. The molecule has 2 aliphatic rings. The fraction of sp³-hybridized carbons (Fsp3) is 0.706. The minimum absolute atomic E-state index is 0.0363. The van der Waals surface area contributed by atoms with E-state index in [2.05, 4.69) is 52.9 Å². The van der Waals surface area contributed by atoms with E-state index in [9.17, 15) is 4.79 Å². The van der Waals surface area contributed by atoms with Crippen LogP contribution in [0.1, 0.15) is 52.1 Å². The van der Waals surface area contributed by atoms with Crippen molar-refractivity contribution in [2.24, 2.45) is 0 Å². The SMILES string of the molecule is CC(C)(C)c1ccc(N2CCC(N3CCCC3=O)CC2)nn1. The molecule has 0 spiro atoms. The second-order valence-corrected chi connectivity index (χ2v) is 7.44. The summed E-state index contributed by atoms with van der Waals surface area (Å²) in [5.74, 6) is 1.30. The molecule has 0 N–H and O–H groups in total. The first-order valence-electron chi connectivity index (χ1n) is 8.34. The van der Waals surface area contributed by atoms with Crippen LogP contribution in [-0.4, -0.2) is 46.7 Å². The van der Waals surface area contributed by atoms with Crippen LogP contribution in [0.15, 0.2) is 12.1 Å². The highest BCUT2D eigenvalue weighted by Gasteiger charge is 2.31. The number of likely N-dealkylation sites (tertiary alicyclic amines) is 1. The number of aromatic nitrogens is 2. The summed E-state index contributed by atoms with van der Waals surface area (Å²) in [5, 5.41) is 8.78. The van der Waals surface area contributed by atoms with Crippen LogP contribution < -0.4 is 4.90 Å². The Labute approximate surface area is 132 Å². The van der Waals surface area contributed by atoms with Crippen LogP contribution in [0.5, 0.6) is 0 Å². The summed E-state index contributed by atoms with van der Waals surface area (Å²) in [6, 6.07) is 4.58. The van der Waals surface area contributed by atoms with Crippen molar-refractivity contribution in [3.8, 4) is 0 Å². The Balaban J connectivity index is 1.60. The monoisotopic (exact) mass is 302 g/mol. The van der Waals surface area contributed by atoms with Gasteiger partial charge in [-0.1, -0.05) is 20.8 Å². The van der Waals surface area contributed by atoms with Gasteiger partial charge >= 0.3 is 0 Å². The third-order valence-corrected chi connectivity index (χ3v) is 4.76. The molecule has 2 saturated heterocycles. The van der Waals surface area contributed by atoms with Crippen molar-refractivity contribution in [1.29, 1.82) is 0 Å². The molecule has 2 aliphatic heterocycles. The van der Waals surface area contributed by atoms with Crippen molar-refractivity contribution in [2.45, 2.75) is 57.9 Å². The summed E-state index contributed by atoms with van der Waals surface area (Å²) in [7, 11) is 0. The first-order valence-corrected chi connectivity index (χ1v) is 8.34. The third-order valence-electron chi connectivity index (χ3n) is 4.76. The minimum atomic E-state index is 0.0363. The smallest absolute Gasteiger partial charge is 0.222 e. The highest BCUT2D eigenvalue weighted by atomic mass is 16.2. The second-order valence-electron chi connectivity index (χ2n) is 7.44. The molecule has 3 heterocycles. The van der Waals surface area contributed by atoms with Gasteiger partial charge in [-0.25, -0.2) is 0 Å². The van der Waals surface area contributed by atoms with Crippen LogP contribution in [0.4, 0.5) is 5.82 Å². The Hall–Kier alpha value is -1.65. The van der Waals surface area contributed by atoms with Crippen molar-refractivity contribution >= 4 is 11.7 Å². The predicted molar refractivity (Wildman–Crippen MR) is 86.9 cm³/mol. The molecule has 0 saturated carbocycles. The highest BCUT2D eigenvalue weighted by molar-refractivity contribution is 5.78. The van der Waals surface area contributed by atoms with Gasteiger partial charge in [-0.2, -0.15) is 5.10 Å². The van der Waals surface area contributed by atoms with E-state index in [1.165, 1.54) is 0 Å². The van der Waals surface area contributed by atoms with Crippen LogP contribution in [0.2, 0.25) is 0 Å². The number of amides is 1. The zero-order valence-corrected chi connectivity index (χ0v) is 13.9. The minimum Gasteiger partial charge on any atom is -0.355 e. The van der Waals surface area contributed by atoms with Crippen molar-refractivity contribution in [2.75, 3.05) is 24.5 Å². The Bertz CT molecular complexity index is 527. The fourth-order valence-corrected chi connectivity index (χ4v) is 3.36. The van der Waals surface area contributed by atoms with E-state index in [-0.39, 0.29) is 5.41 Å². The number of hydrogen-bond donors (Lipinski definition) is 0. The highest BCUT2D eigenvalue weighted by Crippen LogP contribution is 2.25. The first-order chi connectivity index (χ1) is 10.4. The summed E-state index contributed by atoms with van der Waals surface area (Å²) in [4.78, 5) is 16.2. The normalized spacial score (nSPS) is 20.8. The maximum Gasteiger partial charge on any atom is 0.222 e. The van der Waals surface area contributed by atoms with Gasteiger partial charge < -0.3 is 9.80 Å². The Morgan fingerprint density at radius 3 is 2.32 bits per heavy atom. The van der Waals surface area contributed by atoms with Gasteiger partial charge in [0.15, 0.2) is 5.82 Å². The molecule has 0 aliphatic carbocycles. The molecule has 2 fully saturated rings. The van der Waals surface area contributed by atoms with Gasteiger partial charge in [0, 0.05) is 37.5 Å². The van der Waals surface area contributed by atoms with E-state index >= 15 is 0 Å². The Morgan fingerprint density at radius 1 is 1.09 bits per heavy atom. The molecule has 0 unspecified atom stereocenters. The van der Waals surface area contributed by atoms with Crippen molar-refractivity contribution in [3.05, 3.63) is 17.8 Å². The van der Waals surface area contributed by atoms with Crippen LogP contribution in [0, 0.1) is 0 Å². The molecular formula is C17H26N4O. The lowest BCUT2D eigenvalue weighted by Gasteiger charge is -2.37. The number of carbonyl (C=O) groups is 1. The lowest BCUT2D eigenvalue weighted by atomic mass is 9.92. The van der Waals surface area contributed by atoms with Crippen LogP contribution in [0.25, 0.3) is 0 Å².